The summed E-state index contributed by atoms with van der Waals surface area (Å²) in [5.41, 5.74) is 2.39. The first-order chi connectivity index (χ1) is 5.97. The van der Waals surface area contributed by atoms with Crippen molar-refractivity contribution in [1.29, 1.82) is 0 Å². The molecule has 0 aliphatic heterocycles. The number of H-pyrrole nitrogens is 1. The van der Waals surface area contributed by atoms with Crippen LogP contribution in [0.25, 0.3) is 0 Å². The molecule has 1 heterocycles. The van der Waals surface area contributed by atoms with Crippen molar-refractivity contribution in [3.05, 3.63) is 23.5 Å². The van der Waals surface area contributed by atoms with E-state index < -0.39 is 0 Å². The van der Waals surface area contributed by atoms with Gasteiger partial charge in [-0.3, -0.25) is 5.10 Å². The first-order valence-corrected chi connectivity index (χ1v) is 4.50. The molecule has 0 spiro atoms. The number of aromatic nitrogens is 3. The Morgan fingerprint density at radius 1 is 1.17 bits per heavy atom. The lowest BCUT2D eigenvalue weighted by molar-refractivity contribution is 0.804. The second-order valence-corrected chi connectivity index (χ2v) is 3.14. The van der Waals surface area contributed by atoms with Gasteiger partial charge in [0, 0.05) is 0 Å². The lowest BCUT2D eigenvalue weighted by Gasteiger charge is -1.95. The molecule has 1 aromatic rings. The Hall–Kier alpha value is -1.12. The highest BCUT2D eigenvalue weighted by atomic mass is 15.3. The minimum Gasteiger partial charge on any atom is -0.262 e. The molecule has 3 nitrogen and oxygen atoms in total. The molecule has 0 saturated carbocycles. The summed E-state index contributed by atoms with van der Waals surface area (Å²) < 4.78 is 0. The monoisotopic (exact) mass is 163 g/mol. The summed E-state index contributed by atoms with van der Waals surface area (Å²) in [6.07, 6.45) is 10.1. The normalized spacial score (nSPS) is 20.3. The highest BCUT2D eigenvalue weighted by Gasteiger charge is 2.06. The summed E-state index contributed by atoms with van der Waals surface area (Å²) in [6, 6.07) is 0. The van der Waals surface area contributed by atoms with Crippen LogP contribution in [0, 0.1) is 0 Å². The third kappa shape index (κ3) is 1.55. The second-order valence-electron chi connectivity index (χ2n) is 3.14. The molecule has 0 amide bonds. The van der Waals surface area contributed by atoms with Gasteiger partial charge in [0.05, 0.1) is 11.4 Å². The Balaban J connectivity index is 2.16. The molecule has 2 rings (SSSR count). The largest absolute Gasteiger partial charge is 0.262 e. The molecule has 0 fully saturated rings. The summed E-state index contributed by atoms with van der Waals surface area (Å²) in [5.74, 6) is 0. The van der Waals surface area contributed by atoms with Crippen LogP contribution in [0.2, 0.25) is 0 Å². The SMILES string of the molecule is C1=C\CCc2nn[nH]c2CCC/1. The topological polar surface area (TPSA) is 41.6 Å². The molecule has 1 aliphatic rings. The second kappa shape index (κ2) is 3.52. The van der Waals surface area contributed by atoms with Crippen molar-refractivity contribution in [1.82, 2.24) is 15.4 Å². The van der Waals surface area contributed by atoms with Crippen LogP contribution in [-0.2, 0) is 12.8 Å². The molecule has 1 N–H and O–H groups in total. The number of allylic oxidation sites excluding steroid dienone is 2. The number of nitrogens with one attached hydrogen (secondary N) is 1. The molecule has 0 bridgehead atoms. The summed E-state index contributed by atoms with van der Waals surface area (Å²) in [5, 5.41) is 10.8. The minimum absolute atomic E-state index is 1.03. The van der Waals surface area contributed by atoms with Crippen LogP contribution in [0.5, 0.6) is 0 Å². The van der Waals surface area contributed by atoms with E-state index in [0.29, 0.717) is 0 Å². The van der Waals surface area contributed by atoms with E-state index in [4.69, 9.17) is 0 Å². The molecule has 0 saturated heterocycles. The highest BCUT2D eigenvalue weighted by molar-refractivity contribution is 5.10. The van der Waals surface area contributed by atoms with Crippen molar-refractivity contribution in [3.63, 3.8) is 0 Å². The van der Waals surface area contributed by atoms with Crippen molar-refractivity contribution in [2.24, 2.45) is 0 Å². The van der Waals surface area contributed by atoms with E-state index in [1.54, 1.807) is 0 Å². The van der Waals surface area contributed by atoms with Gasteiger partial charge in [-0.15, -0.1) is 5.10 Å². The maximum atomic E-state index is 4.06. The Morgan fingerprint density at radius 2 is 2.08 bits per heavy atom. The summed E-state index contributed by atoms with van der Waals surface area (Å²) in [4.78, 5) is 0. The van der Waals surface area contributed by atoms with Crippen LogP contribution >= 0.6 is 0 Å². The zero-order valence-corrected chi connectivity index (χ0v) is 7.08. The van der Waals surface area contributed by atoms with E-state index in [9.17, 15) is 0 Å². The fourth-order valence-electron chi connectivity index (χ4n) is 1.52. The van der Waals surface area contributed by atoms with E-state index in [1.165, 1.54) is 18.5 Å². The number of fused-ring (bicyclic) bond motifs is 1. The number of aryl methyl sites for hydroxylation is 2. The Kier molecular flexibility index (Phi) is 2.21. The van der Waals surface area contributed by atoms with Crippen molar-refractivity contribution in [2.75, 3.05) is 0 Å². The predicted molar refractivity (Wildman–Crippen MR) is 46.8 cm³/mol. The van der Waals surface area contributed by atoms with Gasteiger partial charge in [-0.25, -0.2) is 0 Å². The van der Waals surface area contributed by atoms with E-state index >= 15 is 0 Å². The maximum absolute atomic E-state index is 4.06. The summed E-state index contributed by atoms with van der Waals surface area (Å²) in [6.45, 7) is 0. The third-order valence-electron chi connectivity index (χ3n) is 2.22. The number of hydrogen-bond acceptors (Lipinski definition) is 2. The van der Waals surface area contributed by atoms with E-state index in [1.807, 2.05) is 0 Å². The lowest BCUT2D eigenvalue weighted by Crippen LogP contribution is -1.91. The van der Waals surface area contributed by atoms with Gasteiger partial charge in [-0.05, 0) is 32.1 Å². The number of rotatable bonds is 0. The molecule has 1 aliphatic carbocycles. The Morgan fingerprint density at radius 3 is 3.08 bits per heavy atom. The molecule has 0 unspecified atom stereocenters. The minimum atomic E-state index is 1.03. The van der Waals surface area contributed by atoms with Gasteiger partial charge in [0.25, 0.3) is 0 Å². The molecule has 1 aromatic heterocycles. The summed E-state index contributed by atoms with van der Waals surface area (Å²) in [7, 11) is 0. The first-order valence-electron chi connectivity index (χ1n) is 4.50. The Bertz CT molecular complexity index is 275. The zero-order valence-electron chi connectivity index (χ0n) is 7.08. The average Bonchev–Trinajstić information content (AvgIpc) is 2.50. The standard InChI is InChI=1S/C9H13N3/c1-2-4-6-8-9(7-5-3-1)11-12-10-8/h1-2H,3-7H2,(H,10,11,12)/b2-1-. The van der Waals surface area contributed by atoms with E-state index in [-0.39, 0.29) is 0 Å². The summed E-state index contributed by atoms with van der Waals surface area (Å²) >= 11 is 0. The molecule has 0 aromatic carbocycles. The molecule has 0 radical (unpaired) electrons. The van der Waals surface area contributed by atoms with Crippen molar-refractivity contribution < 1.29 is 0 Å². The Labute approximate surface area is 71.9 Å². The van der Waals surface area contributed by atoms with Crippen LogP contribution in [0.1, 0.15) is 30.7 Å². The van der Waals surface area contributed by atoms with Crippen molar-refractivity contribution in [2.45, 2.75) is 32.1 Å². The van der Waals surface area contributed by atoms with Crippen LogP contribution in [0.15, 0.2) is 12.2 Å². The quantitative estimate of drug-likeness (QED) is 0.590. The van der Waals surface area contributed by atoms with E-state index in [2.05, 4.69) is 27.6 Å². The number of aromatic amines is 1. The van der Waals surface area contributed by atoms with Crippen LogP contribution in [0.4, 0.5) is 0 Å². The van der Waals surface area contributed by atoms with Gasteiger partial charge in [-0.2, -0.15) is 0 Å². The van der Waals surface area contributed by atoms with Gasteiger partial charge in [0.2, 0.25) is 0 Å². The predicted octanol–water partition coefficient (Wildman–Crippen LogP) is 1.63. The van der Waals surface area contributed by atoms with Crippen molar-refractivity contribution in [3.8, 4) is 0 Å². The van der Waals surface area contributed by atoms with Gasteiger partial charge in [0.1, 0.15) is 0 Å². The van der Waals surface area contributed by atoms with Crippen LogP contribution < -0.4 is 0 Å². The first kappa shape index (κ1) is 7.53. The van der Waals surface area contributed by atoms with Gasteiger partial charge < -0.3 is 0 Å². The highest BCUT2D eigenvalue weighted by Crippen LogP contribution is 2.11. The lowest BCUT2D eigenvalue weighted by atomic mass is 10.1. The molecular weight excluding hydrogens is 150 g/mol. The molecule has 0 atom stereocenters. The average molecular weight is 163 g/mol. The number of nitrogens with zero attached hydrogens (tertiary/aromatic N) is 2. The fraction of sp³-hybridized carbons (Fsp3) is 0.556. The molecule has 64 valence electrons. The molecular formula is C9H13N3. The van der Waals surface area contributed by atoms with Crippen molar-refractivity contribution >= 4 is 0 Å². The number of hydrogen-bond donors (Lipinski definition) is 1. The fourth-order valence-corrected chi connectivity index (χ4v) is 1.52. The molecule has 3 heteroatoms. The van der Waals surface area contributed by atoms with Crippen LogP contribution in [-0.4, -0.2) is 15.4 Å². The zero-order chi connectivity index (χ0) is 8.23. The van der Waals surface area contributed by atoms with Gasteiger partial charge >= 0.3 is 0 Å². The van der Waals surface area contributed by atoms with E-state index in [0.717, 1.165) is 25.0 Å². The smallest absolute Gasteiger partial charge is 0.0859 e. The third-order valence-corrected chi connectivity index (χ3v) is 2.22. The van der Waals surface area contributed by atoms with Gasteiger partial charge in [0.15, 0.2) is 0 Å². The maximum Gasteiger partial charge on any atom is 0.0859 e. The molecule has 12 heavy (non-hydrogen) atoms. The van der Waals surface area contributed by atoms with Gasteiger partial charge in [-0.1, -0.05) is 17.4 Å². The van der Waals surface area contributed by atoms with Crippen LogP contribution in [0.3, 0.4) is 0 Å².